The molecule has 2 heterocycles. The summed E-state index contributed by atoms with van der Waals surface area (Å²) in [6.45, 7) is 2.04. The van der Waals surface area contributed by atoms with Crippen LogP contribution in [0.5, 0.6) is 0 Å². The van der Waals surface area contributed by atoms with Crippen LogP contribution in [-0.2, 0) is 6.42 Å². The summed E-state index contributed by atoms with van der Waals surface area (Å²) in [5.41, 5.74) is 1.89. The molecule has 0 saturated heterocycles. The molecule has 0 radical (unpaired) electrons. The zero-order valence-corrected chi connectivity index (χ0v) is 15.2. The number of hydrogen-bond donors (Lipinski definition) is 0. The fourth-order valence-electron chi connectivity index (χ4n) is 2.90. The third-order valence-electron chi connectivity index (χ3n) is 4.22. The van der Waals surface area contributed by atoms with Crippen molar-refractivity contribution in [1.29, 1.82) is 0 Å². The number of nitrogens with zero attached hydrogens (tertiary/aromatic N) is 2. The SMILES string of the molecule is CCc1sc(-c2cc3cc([N+](=O)[O-])ccc3oc2=O)nc1-c1ccccc1. The second-order valence-corrected chi connectivity index (χ2v) is 7.02. The molecular formula is C20H14N2O4S. The van der Waals surface area contributed by atoms with E-state index in [0.717, 1.165) is 22.6 Å². The van der Waals surface area contributed by atoms with Gasteiger partial charge in [0, 0.05) is 28.0 Å². The van der Waals surface area contributed by atoms with Crippen LogP contribution in [0.25, 0.3) is 32.8 Å². The molecule has 0 amide bonds. The number of fused-ring (bicyclic) bond motifs is 1. The molecule has 6 nitrogen and oxygen atoms in total. The first kappa shape index (κ1) is 17.1. The van der Waals surface area contributed by atoms with Gasteiger partial charge >= 0.3 is 5.63 Å². The number of rotatable bonds is 4. The highest BCUT2D eigenvalue weighted by Crippen LogP contribution is 2.34. The first-order chi connectivity index (χ1) is 13.1. The van der Waals surface area contributed by atoms with E-state index in [9.17, 15) is 14.9 Å². The maximum absolute atomic E-state index is 12.5. The van der Waals surface area contributed by atoms with E-state index in [-0.39, 0.29) is 5.69 Å². The van der Waals surface area contributed by atoms with Crippen molar-refractivity contribution in [2.75, 3.05) is 0 Å². The Balaban J connectivity index is 1.89. The molecule has 0 aliphatic heterocycles. The van der Waals surface area contributed by atoms with Crippen LogP contribution < -0.4 is 5.63 Å². The van der Waals surface area contributed by atoms with Gasteiger partial charge in [-0.2, -0.15) is 0 Å². The molecule has 4 aromatic rings. The van der Waals surface area contributed by atoms with Gasteiger partial charge in [-0.3, -0.25) is 10.1 Å². The number of aryl methyl sites for hydroxylation is 1. The highest BCUT2D eigenvalue weighted by atomic mass is 32.1. The van der Waals surface area contributed by atoms with Gasteiger partial charge in [0.1, 0.15) is 10.6 Å². The van der Waals surface area contributed by atoms with E-state index >= 15 is 0 Å². The minimum atomic E-state index is -0.507. The van der Waals surface area contributed by atoms with Crippen molar-refractivity contribution < 1.29 is 9.34 Å². The Morgan fingerprint density at radius 2 is 1.93 bits per heavy atom. The normalized spacial score (nSPS) is 11.0. The molecule has 0 unspecified atom stereocenters. The number of hydrogen-bond acceptors (Lipinski definition) is 6. The molecule has 7 heteroatoms. The molecular weight excluding hydrogens is 364 g/mol. The lowest BCUT2D eigenvalue weighted by Gasteiger charge is -2.00. The summed E-state index contributed by atoms with van der Waals surface area (Å²) in [6.07, 6.45) is 0.784. The Bertz CT molecular complexity index is 1210. The number of thiazole rings is 1. The van der Waals surface area contributed by atoms with Gasteiger partial charge in [-0.1, -0.05) is 37.3 Å². The monoisotopic (exact) mass is 378 g/mol. The minimum absolute atomic E-state index is 0.0549. The Labute approximate surface area is 157 Å². The zero-order chi connectivity index (χ0) is 19.0. The van der Waals surface area contributed by atoms with Gasteiger partial charge in [-0.25, -0.2) is 9.78 Å². The van der Waals surface area contributed by atoms with E-state index in [2.05, 4.69) is 4.98 Å². The lowest BCUT2D eigenvalue weighted by atomic mass is 10.1. The molecule has 134 valence electrons. The van der Waals surface area contributed by atoms with Crippen LogP contribution in [0.1, 0.15) is 11.8 Å². The summed E-state index contributed by atoms with van der Waals surface area (Å²) >= 11 is 1.44. The van der Waals surface area contributed by atoms with Crippen molar-refractivity contribution in [3.8, 4) is 21.8 Å². The fraction of sp³-hybridized carbons (Fsp3) is 0.100. The van der Waals surface area contributed by atoms with E-state index in [0.29, 0.717) is 21.5 Å². The minimum Gasteiger partial charge on any atom is -0.422 e. The summed E-state index contributed by atoms with van der Waals surface area (Å²) in [7, 11) is 0. The molecule has 27 heavy (non-hydrogen) atoms. The second-order valence-electron chi connectivity index (χ2n) is 5.94. The Morgan fingerprint density at radius 3 is 2.63 bits per heavy atom. The number of aromatic nitrogens is 1. The average molecular weight is 378 g/mol. The molecule has 2 aromatic heterocycles. The number of non-ortho nitro benzene ring substituents is 1. The Morgan fingerprint density at radius 1 is 1.15 bits per heavy atom. The van der Waals surface area contributed by atoms with Gasteiger partial charge in [0.25, 0.3) is 5.69 Å². The van der Waals surface area contributed by atoms with E-state index in [1.54, 1.807) is 6.07 Å². The summed E-state index contributed by atoms with van der Waals surface area (Å²) < 4.78 is 5.36. The second kappa shape index (κ2) is 6.77. The largest absolute Gasteiger partial charge is 0.422 e. The summed E-state index contributed by atoms with van der Waals surface area (Å²) in [4.78, 5) is 28.7. The van der Waals surface area contributed by atoms with Crippen LogP contribution in [0.2, 0.25) is 0 Å². The Kier molecular flexibility index (Phi) is 4.29. The lowest BCUT2D eigenvalue weighted by molar-refractivity contribution is -0.384. The van der Waals surface area contributed by atoms with Crippen molar-refractivity contribution in [2.45, 2.75) is 13.3 Å². The van der Waals surface area contributed by atoms with Crippen molar-refractivity contribution in [3.63, 3.8) is 0 Å². The molecule has 0 aliphatic rings. The van der Waals surface area contributed by atoms with Gasteiger partial charge < -0.3 is 4.42 Å². The van der Waals surface area contributed by atoms with Gasteiger partial charge in [0.05, 0.1) is 16.2 Å². The third-order valence-corrected chi connectivity index (χ3v) is 5.46. The zero-order valence-electron chi connectivity index (χ0n) is 14.3. The van der Waals surface area contributed by atoms with Crippen LogP contribution in [0.15, 0.2) is 63.8 Å². The smallest absolute Gasteiger partial charge is 0.346 e. The van der Waals surface area contributed by atoms with Crippen molar-refractivity contribution in [1.82, 2.24) is 4.98 Å². The highest BCUT2D eigenvalue weighted by molar-refractivity contribution is 7.15. The Hall–Kier alpha value is -3.32. The van der Waals surface area contributed by atoms with Gasteiger partial charge in [-0.05, 0) is 18.6 Å². The fourth-order valence-corrected chi connectivity index (χ4v) is 3.93. The molecule has 0 fully saturated rings. The maximum atomic E-state index is 12.5. The van der Waals surface area contributed by atoms with Crippen molar-refractivity contribution in [3.05, 3.63) is 80.0 Å². The molecule has 0 spiro atoms. The van der Waals surface area contributed by atoms with Crippen LogP contribution >= 0.6 is 11.3 Å². The van der Waals surface area contributed by atoms with Gasteiger partial charge in [-0.15, -0.1) is 11.3 Å². The standard InChI is InChI=1S/C20H14N2O4S/c1-2-17-18(12-6-4-3-5-7-12)21-19(27-17)15-11-13-10-14(22(24)25)8-9-16(13)26-20(15)23/h3-11H,2H2,1H3. The van der Waals surface area contributed by atoms with E-state index in [4.69, 9.17) is 4.42 Å². The predicted molar refractivity (Wildman–Crippen MR) is 105 cm³/mol. The molecule has 0 atom stereocenters. The first-order valence-corrected chi connectivity index (χ1v) is 9.16. The molecule has 4 rings (SSSR count). The van der Waals surface area contributed by atoms with Crippen LogP contribution in [0.4, 0.5) is 5.69 Å². The highest BCUT2D eigenvalue weighted by Gasteiger charge is 2.17. The van der Waals surface area contributed by atoms with Crippen molar-refractivity contribution in [2.24, 2.45) is 0 Å². The summed E-state index contributed by atoms with van der Waals surface area (Å²) in [6, 6.07) is 15.5. The molecule has 0 aliphatic carbocycles. The van der Waals surface area contributed by atoms with Crippen LogP contribution in [-0.4, -0.2) is 9.91 Å². The van der Waals surface area contributed by atoms with E-state index in [1.165, 1.54) is 29.5 Å². The molecule has 0 saturated carbocycles. The lowest BCUT2D eigenvalue weighted by Crippen LogP contribution is -2.02. The summed E-state index contributed by atoms with van der Waals surface area (Å²) in [5.74, 6) is 0. The van der Waals surface area contributed by atoms with Crippen LogP contribution in [0.3, 0.4) is 0 Å². The van der Waals surface area contributed by atoms with E-state index < -0.39 is 10.5 Å². The van der Waals surface area contributed by atoms with Gasteiger partial charge in [0.15, 0.2) is 0 Å². The topological polar surface area (TPSA) is 86.2 Å². The van der Waals surface area contributed by atoms with Crippen molar-refractivity contribution >= 4 is 28.0 Å². The molecule has 0 N–H and O–H groups in total. The molecule has 2 aromatic carbocycles. The quantitative estimate of drug-likeness (QED) is 0.282. The number of benzene rings is 2. The molecule has 0 bridgehead atoms. The van der Waals surface area contributed by atoms with Gasteiger partial charge in [0.2, 0.25) is 0 Å². The first-order valence-electron chi connectivity index (χ1n) is 8.34. The number of nitro groups is 1. The predicted octanol–water partition coefficient (Wildman–Crippen LogP) is 5.05. The van der Waals surface area contributed by atoms with E-state index in [1.807, 2.05) is 37.3 Å². The summed E-state index contributed by atoms with van der Waals surface area (Å²) in [5, 5.41) is 12.1. The number of nitro benzene ring substituents is 1. The third kappa shape index (κ3) is 3.13. The average Bonchev–Trinajstić information content (AvgIpc) is 3.12. The van der Waals surface area contributed by atoms with Crippen LogP contribution in [0, 0.1) is 10.1 Å². The maximum Gasteiger partial charge on any atom is 0.346 e.